The van der Waals surface area contributed by atoms with Crippen LogP contribution in [0.4, 0.5) is 0 Å². The molecule has 5 heteroatoms. The van der Waals surface area contributed by atoms with E-state index in [9.17, 15) is 8.42 Å². The van der Waals surface area contributed by atoms with Crippen molar-refractivity contribution in [2.45, 2.75) is 19.9 Å². The molecule has 2 unspecified atom stereocenters. The number of nitrogens with two attached hydrogens (primary N) is 1. The first kappa shape index (κ1) is 15.0. The summed E-state index contributed by atoms with van der Waals surface area (Å²) in [6.45, 7) is 4.79. The molecule has 2 rings (SSSR count). The molecule has 0 saturated carbocycles. The lowest BCUT2D eigenvalue weighted by atomic mass is 10.0. The predicted octanol–water partition coefficient (Wildman–Crippen LogP) is 1.34. The summed E-state index contributed by atoms with van der Waals surface area (Å²) in [7, 11) is -3.14. The van der Waals surface area contributed by atoms with Crippen LogP contribution in [0.1, 0.15) is 31.0 Å². The standard InChI is InChI=1S/C15H20N2O2S/c1-12-10-17(20(18,19)11-12)13(2)15-7-3-5-14(9-15)6-4-8-16/h3,5,7,9,12-13H,8,10-11,16H2,1-2H3. The number of hydrogen-bond acceptors (Lipinski definition) is 3. The summed E-state index contributed by atoms with van der Waals surface area (Å²) in [5.74, 6) is 6.21. The Kier molecular flexibility index (Phi) is 4.48. The summed E-state index contributed by atoms with van der Waals surface area (Å²) in [5.41, 5.74) is 7.19. The van der Waals surface area contributed by atoms with Crippen molar-refractivity contribution < 1.29 is 8.42 Å². The molecule has 1 aromatic carbocycles. The maximum absolute atomic E-state index is 12.1. The summed E-state index contributed by atoms with van der Waals surface area (Å²) in [4.78, 5) is 0. The van der Waals surface area contributed by atoms with E-state index in [1.807, 2.05) is 38.1 Å². The average Bonchev–Trinajstić information content (AvgIpc) is 2.69. The normalized spacial score (nSPS) is 23.1. The van der Waals surface area contributed by atoms with Crippen LogP contribution < -0.4 is 5.73 Å². The maximum atomic E-state index is 12.1. The fourth-order valence-corrected chi connectivity index (χ4v) is 4.62. The molecule has 1 aliphatic rings. The van der Waals surface area contributed by atoms with E-state index in [4.69, 9.17) is 5.73 Å². The van der Waals surface area contributed by atoms with Crippen molar-refractivity contribution in [2.24, 2.45) is 11.7 Å². The monoisotopic (exact) mass is 292 g/mol. The minimum atomic E-state index is -3.14. The second-order valence-electron chi connectivity index (χ2n) is 5.26. The SMILES string of the molecule is CC1CN(C(C)c2cccc(C#CCN)c2)S(=O)(=O)C1. The second kappa shape index (κ2) is 5.96. The topological polar surface area (TPSA) is 63.4 Å². The molecule has 2 atom stereocenters. The van der Waals surface area contributed by atoms with E-state index >= 15 is 0 Å². The third kappa shape index (κ3) is 3.21. The van der Waals surface area contributed by atoms with Crippen molar-refractivity contribution in [3.05, 3.63) is 35.4 Å². The van der Waals surface area contributed by atoms with Crippen molar-refractivity contribution in [3.8, 4) is 11.8 Å². The van der Waals surface area contributed by atoms with E-state index in [1.165, 1.54) is 0 Å². The Morgan fingerprint density at radius 3 is 2.85 bits per heavy atom. The summed E-state index contributed by atoms with van der Waals surface area (Å²) in [6, 6.07) is 7.52. The largest absolute Gasteiger partial charge is 0.320 e. The summed E-state index contributed by atoms with van der Waals surface area (Å²) in [5, 5.41) is 0. The number of rotatable bonds is 2. The van der Waals surface area contributed by atoms with Crippen LogP contribution in [-0.2, 0) is 10.0 Å². The number of sulfonamides is 1. The molecule has 0 spiro atoms. The zero-order chi connectivity index (χ0) is 14.8. The highest BCUT2D eigenvalue weighted by Gasteiger charge is 2.37. The lowest BCUT2D eigenvalue weighted by Crippen LogP contribution is -2.29. The van der Waals surface area contributed by atoms with Crippen LogP contribution in [0.2, 0.25) is 0 Å². The zero-order valence-corrected chi connectivity index (χ0v) is 12.7. The first-order valence-electron chi connectivity index (χ1n) is 6.72. The van der Waals surface area contributed by atoms with E-state index in [2.05, 4.69) is 11.8 Å². The molecular weight excluding hydrogens is 272 g/mol. The van der Waals surface area contributed by atoms with E-state index < -0.39 is 10.0 Å². The van der Waals surface area contributed by atoms with Gasteiger partial charge < -0.3 is 5.73 Å². The number of hydrogen-bond donors (Lipinski definition) is 1. The second-order valence-corrected chi connectivity index (χ2v) is 7.23. The summed E-state index contributed by atoms with van der Waals surface area (Å²) < 4.78 is 25.8. The Morgan fingerprint density at radius 2 is 2.25 bits per heavy atom. The van der Waals surface area contributed by atoms with E-state index in [0.717, 1.165) is 11.1 Å². The van der Waals surface area contributed by atoms with Crippen molar-refractivity contribution >= 4 is 10.0 Å². The summed E-state index contributed by atoms with van der Waals surface area (Å²) >= 11 is 0. The maximum Gasteiger partial charge on any atom is 0.214 e. The number of benzene rings is 1. The van der Waals surface area contributed by atoms with Gasteiger partial charge in [0.25, 0.3) is 0 Å². The third-order valence-electron chi connectivity index (χ3n) is 3.48. The van der Waals surface area contributed by atoms with Gasteiger partial charge in [-0.1, -0.05) is 30.9 Å². The molecule has 1 aromatic rings. The minimum Gasteiger partial charge on any atom is -0.320 e. The molecule has 0 bridgehead atoms. The van der Waals surface area contributed by atoms with Crippen molar-refractivity contribution in [1.82, 2.24) is 4.31 Å². The third-order valence-corrected chi connectivity index (χ3v) is 5.65. The Bertz CT molecular complexity index is 643. The van der Waals surface area contributed by atoms with Crippen LogP contribution in [0.3, 0.4) is 0 Å². The van der Waals surface area contributed by atoms with Gasteiger partial charge in [0.1, 0.15) is 0 Å². The molecule has 108 valence electrons. The quantitative estimate of drug-likeness (QED) is 0.837. The van der Waals surface area contributed by atoms with E-state index in [1.54, 1.807) is 4.31 Å². The molecule has 0 radical (unpaired) electrons. The molecule has 20 heavy (non-hydrogen) atoms. The van der Waals surface area contributed by atoms with Gasteiger partial charge in [-0.15, -0.1) is 0 Å². The van der Waals surface area contributed by atoms with Crippen LogP contribution in [0, 0.1) is 17.8 Å². The Labute approximate surface area is 121 Å². The lowest BCUT2D eigenvalue weighted by molar-refractivity contribution is 0.345. The Morgan fingerprint density at radius 1 is 1.50 bits per heavy atom. The highest BCUT2D eigenvalue weighted by Crippen LogP contribution is 2.30. The van der Waals surface area contributed by atoms with Gasteiger partial charge in [-0.25, -0.2) is 8.42 Å². The van der Waals surface area contributed by atoms with Gasteiger partial charge in [0.2, 0.25) is 10.0 Å². The van der Waals surface area contributed by atoms with Gasteiger partial charge >= 0.3 is 0 Å². The van der Waals surface area contributed by atoms with E-state index in [-0.39, 0.29) is 17.7 Å². The van der Waals surface area contributed by atoms with Gasteiger partial charge in [-0.3, -0.25) is 0 Å². The highest BCUT2D eigenvalue weighted by atomic mass is 32.2. The van der Waals surface area contributed by atoms with Crippen LogP contribution >= 0.6 is 0 Å². The molecule has 1 aliphatic heterocycles. The lowest BCUT2D eigenvalue weighted by Gasteiger charge is -2.23. The van der Waals surface area contributed by atoms with Gasteiger partial charge in [-0.05, 0) is 30.5 Å². The van der Waals surface area contributed by atoms with Gasteiger partial charge in [0.05, 0.1) is 12.3 Å². The Balaban J connectivity index is 2.27. The number of nitrogens with zero attached hydrogens (tertiary/aromatic N) is 1. The fraction of sp³-hybridized carbons (Fsp3) is 0.467. The van der Waals surface area contributed by atoms with Crippen molar-refractivity contribution in [2.75, 3.05) is 18.8 Å². The Hall–Kier alpha value is -1.35. The zero-order valence-electron chi connectivity index (χ0n) is 11.8. The fourth-order valence-electron chi connectivity index (χ4n) is 2.52. The molecule has 0 aliphatic carbocycles. The molecule has 1 heterocycles. The first-order valence-corrected chi connectivity index (χ1v) is 8.33. The van der Waals surface area contributed by atoms with Crippen molar-refractivity contribution in [3.63, 3.8) is 0 Å². The molecule has 4 nitrogen and oxygen atoms in total. The van der Waals surface area contributed by atoms with Crippen LogP contribution in [-0.4, -0.2) is 31.6 Å². The molecule has 0 aromatic heterocycles. The molecule has 0 amide bonds. The van der Waals surface area contributed by atoms with E-state index in [0.29, 0.717) is 13.1 Å². The van der Waals surface area contributed by atoms with Crippen LogP contribution in [0.25, 0.3) is 0 Å². The first-order chi connectivity index (χ1) is 9.44. The molecule has 2 N–H and O–H groups in total. The van der Waals surface area contributed by atoms with Crippen LogP contribution in [0.5, 0.6) is 0 Å². The smallest absolute Gasteiger partial charge is 0.214 e. The molecule has 1 fully saturated rings. The van der Waals surface area contributed by atoms with Crippen molar-refractivity contribution in [1.29, 1.82) is 0 Å². The molecule has 1 saturated heterocycles. The van der Waals surface area contributed by atoms with Gasteiger partial charge in [-0.2, -0.15) is 4.31 Å². The predicted molar refractivity (Wildman–Crippen MR) is 80.4 cm³/mol. The van der Waals surface area contributed by atoms with Gasteiger partial charge in [0, 0.05) is 18.2 Å². The minimum absolute atomic E-state index is 0.162. The summed E-state index contributed by atoms with van der Waals surface area (Å²) in [6.07, 6.45) is 0. The highest BCUT2D eigenvalue weighted by molar-refractivity contribution is 7.89. The molecular formula is C15H20N2O2S. The van der Waals surface area contributed by atoms with Gasteiger partial charge in [0.15, 0.2) is 0 Å². The van der Waals surface area contributed by atoms with Crippen LogP contribution in [0.15, 0.2) is 24.3 Å². The average molecular weight is 292 g/mol.